The first-order valence-corrected chi connectivity index (χ1v) is 8.26. The van der Waals surface area contributed by atoms with E-state index in [2.05, 4.69) is 33.4 Å². The quantitative estimate of drug-likeness (QED) is 0.713. The zero-order chi connectivity index (χ0) is 14.5. The lowest BCUT2D eigenvalue weighted by molar-refractivity contribution is 0.611. The van der Waals surface area contributed by atoms with Crippen LogP contribution in [0.5, 0.6) is 0 Å². The fraction of sp³-hybridized carbons (Fsp3) is 0.200. The highest BCUT2D eigenvalue weighted by Crippen LogP contribution is 2.30. The molecule has 106 valence electrons. The fourth-order valence-electron chi connectivity index (χ4n) is 1.85. The molecule has 0 heterocycles. The van der Waals surface area contributed by atoms with E-state index in [4.69, 9.17) is 11.6 Å². The molecule has 1 atom stereocenters. The number of hydrogen-bond acceptors (Lipinski definition) is 2. The molecule has 0 saturated heterocycles. The fourth-order valence-corrected chi connectivity index (χ4v) is 3.74. The van der Waals surface area contributed by atoms with Gasteiger partial charge in [0.2, 0.25) is 0 Å². The van der Waals surface area contributed by atoms with Crippen LogP contribution in [0.4, 0.5) is 4.39 Å². The maximum atomic E-state index is 13.4. The number of nitrogens with one attached hydrogen (secondary N) is 1. The SMILES string of the molecule is CNC(CSc1cccc(Br)c1)c1cc(F)ccc1Cl. The molecule has 1 N–H and O–H groups in total. The number of thioether (sulfide) groups is 1. The minimum absolute atomic E-state index is 0.00202. The molecule has 0 amide bonds. The summed E-state index contributed by atoms with van der Waals surface area (Å²) in [6.07, 6.45) is 0. The zero-order valence-electron chi connectivity index (χ0n) is 10.9. The van der Waals surface area contributed by atoms with Gasteiger partial charge in [0, 0.05) is 26.2 Å². The molecule has 0 fully saturated rings. The highest BCUT2D eigenvalue weighted by Gasteiger charge is 2.14. The molecule has 0 bridgehead atoms. The third-order valence-electron chi connectivity index (χ3n) is 2.89. The lowest BCUT2D eigenvalue weighted by Gasteiger charge is -2.18. The summed E-state index contributed by atoms with van der Waals surface area (Å²) >= 11 is 11.3. The molecule has 0 radical (unpaired) electrons. The smallest absolute Gasteiger partial charge is 0.123 e. The Balaban J connectivity index is 2.11. The van der Waals surface area contributed by atoms with Crippen molar-refractivity contribution in [2.24, 2.45) is 0 Å². The van der Waals surface area contributed by atoms with Gasteiger partial charge in [0.25, 0.3) is 0 Å². The van der Waals surface area contributed by atoms with Crippen molar-refractivity contribution in [1.82, 2.24) is 5.32 Å². The Hall–Kier alpha value is -0.550. The maximum Gasteiger partial charge on any atom is 0.123 e. The highest BCUT2D eigenvalue weighted by molar-refractivity contribution is 9.10. The van der Waals surface area contributed by atoms with E-state index in [9.17, 15) is 4.39 Å². The molecule has 2 aromatic carbocycles. The Bertz CT molecular complexity index is 594. The summed E-state index contributed by atoms with van der Waals surface area (Å²) in [5.74, 6) is 0.507. The van der Waals surface area contributed by atoms with E-state index in [1.165, 1.54) is 12.1 Å². The Morgan fingerprint density at radius 1 is 1.30 bits per heavy atom. The van der Waals surface area contributed by atoms with Crippen LogP contribution in [0.2, 0.25) is 5.02 Å². The third-order valence-corrected chi connectivity index (χ3v) is 4.82. The topological polar surface area (TPSA) is 12.0 Å². The Labute approximate surface area is 136 Å². The molecule has 0 aliphatic carbocycles. The van der Waals surface area contributed by atoms with Gasteiger partial charge in [-0.15, -0.1) is 11.8 Å². The van der Waals surface area contributed by atoms with Crippen molar-refractivity contribution in [1.29, 1.82) is 0 Å². The summed E-state index contributed by atoms with van der Waals surface area (Å²) in [6.45, 7) is 0. The first kappa shape index (κ1) is 15.8. The molecule has 2 rings (SSSR count). The van der Waals surface area contributed by atoms with Crippen molar-refractivity contribution in [3.63, 3.8) is 0 Å². The summed E-state index contributed by atoms with van der Waals surface area (Å²) in [5.41, 5.74) is 0.789. The predicted molar refractivity (Wildman–Crippen MR) is 88.1 cm³/mol. The molecule has 0 saturated carbocycles. The second-order valence-corrected chi connectivity index (χ2v) is 6.69. The normalized spacial score (nSPS) is 12.4. The standard InChI is InChI=1S/C15H14BrClFNS/c1-19-15(13-8-11(18)5-6-14(13)17)9-20-12-4-2-3-10(16)7-12/h2-8,15,19H,9H2,1H3. The van der Waals surface area contributed by atoms with E-state index in [1.807, 2.05) is 19.2 Å². The van der Waals surface area contributed by atoms with Crippen LogP contribution in [0.3, 0.4) is 0 Å². The van der Waals surface area contributed by atoms with Crippen LogP contribution in [-0.2, 0) is 0 Å². The van der Waals surface area contributed by atoms with Crippen LogP contribution in [-0.4, -0.2) is 12.8 Å². The number of hydrogen-bond donors (Lipinski definition) is 1. The first-order valence-electron chi connectivity index (χ1n) is 6.10. The molecule has 0 aliphatic rings. The van der Waals surface area contributed by atoms with E-state index in [1.54, 1.807) is 17.8 Å². The molecular formula is C15H14BrClFNS. The molecule has 2 aromatic rings. The van der Waals surface area contributed by atoms with Crippen LogP contribution in [0.25, 0.3) is 0 Å². The van der Waals surface area contributed by atoms with Crippen LogP contribution >= 0.6 is 39.3 Å². The van der Waals surface area contributed by atoms with Gasteiger partial charge < -0.3 is 5.32 Å². The Morgan fingerprint density at radius 3 is 2.80 bits per heavy atom. The molecule has 1 unspecified atom stereocenters. The van der Waals surface area contributed by atoms with Crippen molar-refractivity contribution in [2.45, 2.75) is 10.9 Å². The summed E-state index contributed by atoms with van der Waals surface area (Å²) in [4.78, 5) is 1.16. The second-order valence-electron chi connectivity index (χ2n) is 4.28. The molecule has 5 heteroatoms. The Kier molecular flexibility index (Phi) is 5.90. The molecule has 20 heavy (non-hydrogen) atoms. The van der Waals surface area contributed by atoms with E-state index in [-0.39, 0.29) is 11.9 Å². The van der Waals surface area contributed by atoms with Gasteiger partial charge in [-0.3, -0.25) is 0 Å². The summed E-state index contributed by atoms with van der Waals surface area (Å²) in [5, 5.41) is 3.77. The van der Waals surface area contributed by atoms with Gasteiger partial charge in [0.15, 0.2) is 0 Å². The van der Waals surface area contributed by atoms with Crippen molar-refractivity contribution < 1.29 is 4.39 Å². The molecule has 0 aromatic heterocycles. The summed E-state index contributed by atoms with van der Waals surface area (Å²) < 4.78 is 14.4. The lowest BCUT2D eigenvalue weighted by Crippen LogP contribution is -2.19. The van der Waals surface area contributed by atoms with E-state index in [0.29, 0.717) is 5.02 Å². The van der Waals surface area contributed by atoms with Crippen LogP contribution in [0.1, 0.15) is 11.6 Å². The lowest BCUT2D eigenvalue weighted by atomic mass is 10.1. The van der Waals surface area contributed by atoms with E-state index >= 15 is 0 Å². The van der Waals surface area contributed by atoms with Crippen LogP contribution < -0.4 is 5.32 Å². The first-order chi connectivity index (χ1) is 9.60. The zero-order valence-corrected chi connectivity index (χ0v) is 14.0. The number of halogens is 3. The number of benzene rings is 2. The highest BCUT2D eigenvalue weighted by atomic mass is 79.9. The van der Waals surface area contributed by atoms with Gasteiger partial charge in [0.1, 0.15) is 5.82 Å². The second kappa shape index (κ2) is 7.46. The number of rotatable bonds is 5. The van der Waals surface area contributed by atoms with Crippen molar-refractivity contribution in [2.75, 3.05) is 12.8 Å². The summed E-state index contributed by atoms with van der Waals surface area (Å²) in [6, 6.07) is 12.6. The molecule has 0 aliphatic heterocycles. The van der Waals surface area contributed by atoms with Gasteiger partial charge >= 0.3 is 0 Å². The largest absolute Gasteiger partial charge is 0.312 e. The van der Waals surface area contributed by atoms with Gasteiger partial charge in [-0.25, -0.2) is 4.39 Å². The van der Waals surface area contributed by atoms with Crippen molar-refractivity contribution in [3.05, 3.63) is 63.3 Å². The maximum absolute atomic E-state index is 13.4. The van der Waals surface area contributed by atoms with E-state index in [0.717, 1.165) is 20.7 Å². The molecule has 1 nitrogen and oxygen atoms in total. The van der Waals surface area contributed by atoms with Gasteiger partial charge in [-0.05, 0) is 49.0 Å². The third kappa shape index (κ3) is 4.22. The van der Waals surface area contributed by atoms with Crippen molar-refractivity contribution in [3.8, 4) is 0 Å². The average molecular weight is 375 g/mol. The van der Waals surface area contributed by atoms with Crippen LogP contribution in [0.15, 0.2) is 51.8 Å². The minimum Gasteiger partial charge on any atom is -0.312 e. The average Bonchev–Trinajstić information content (AvgIpc) is 2.43. The minimum atomic E-state index is -0.267. The van der Waals surface area contributed by atoms with Gasteiger partial charge in [-0.1, -0.05) is 33.6 Å². The van der Waals surface area contributed by atoms with Crippen molar-refractivity contribution >= 4 is 39.3 Å². The monoisotopic (exact) mass is 373 g/mol. The molecular weight excluding hydrogens is 361 g/mol. The van der Waals surface area contributed by atoms with Gasteiger partial charge in [-0.2, -0.15) is 0 Å². The Morgan fingerprint density at radius 2 is 2.10 bits per heavy atom. The summed E-state index contributed by atoms with van der Waals surface area (Å²) in [7, 11) is 1.85. The molecule has 0 spiro atoms. The van der Waals surface area contributed by atoms with Crippen LogP contribution in [0, 0.1) is 5.82 Å². The van der Waals surface area contributed by atoms with Gasteiger partial charge in [0.05, 0.1) is 0 Å². The predicted octanol–water partition coefficient (Wildman–Crippen LogP) is 5.29. The van der Waals surface area contributed by atoms with E-state index < -0.39 is 0 Å².